The Morgan fingerprint density at radius 2 is 1.83 bits per heavy atom. The van der Waals surface area contributed by atoms with Crippen molar-refractivity contribution in [1.29, 1.82) is 0 Å². The molecule has 182 valence electrons. The minimum Gasteiger partial charge on any atom is -0.497 e. The third-order valence-electron chi connectivity index (χ3n) is 6.86. The Morgan fingerprint density at radius 3 is 2.51 bits per heavy atom. The van der Waals surface area contributed by atoms with E-state index in [1.807, 2.05) is 22.9 Å². The van der Waals surface area contributed by atoms with E-state index in [0.29, 0.717) is 29.7 Å². The number of Topliss-reactive ketones (excluding diaryl/α,β-unsaturated/α-hetero) is 1. The van der Waals surface area contributed by atoms with E-state index in [9.17, 15) is 4.79 Å². The van der Waals surface area contributed by atoms with Crippen molar-refractivity contribution in [2.24, 2.45) is 0 Å². The Labute approximate surface area is 205 Å². The van der Waals surface area contributed by atoms with E-state index in [2.05, 4.69) is 48.3 Å². The monoisotopic (exact) mass is 473 g/mol. The molecule has 0 saturated carbocycles. The van der Waals surface area contributed by atoms with Gasteiger partial charge in [0.05, 0.1) is 14.2 Å². The van der Waals surface area contributed by atoms with Gasteiger partial charge in [-0.25, -0.2) is 4.68 Å². The van der Waals surface area contributed by atoms with E-state index in [-0.39, 0.29) is 5.78 Å². The molecule has 1 aliphatic carbocycles. The van der Waals surface area contributed by atoms with Gasteiger partial charge in [-0.05, 0) is 63.1 Å². The van der Waals surface area contributed by atoms with Gasteiger partial charge >= 0.3 is 0 Å². The number of allylic oxidation sites excluding steroid dienone is 2. The molecule has 0 radical (unpaired) electrons. The van der Waals surface area contributed by atoms with Crippen molar-refractivity contribution in [3.63, 3.8) is 0 Å². The quantitative estimate of drug-likeness (QED) is 0.526. The number of benzene rings is 2. The van der Waals surface area contributed by atoms with Crippen molar-refractivity contribution in [1.82, 2.24) is 14.8 Å². The fourth-order valence-corrected chi connectivity index (χ4v) is 5.02. The molecule has 1 N–H and O–H groups in total. The lowest BCUT2D eigenvalue weighted by Crippen LogP contribution is -2.31. The molecule has 0 bridgehead atoms. The van der Waals surface area contributed by atoms with Crippen LogP contribution in [-0.4, -0.2) is 47.9 Å². The van der Waals surface area contributed by atoms with Gasteiger partial charge in [0.1, 0.15) is 17.5 Å². The van der Waals surface area contributed by atoms with Crippen LogP contribution >= 0.6 is 0 Å². The van der Waals surface area contributed by atoms with Crippen LogP contribution in [0.1, 0.15) is 44.7 Å². The summed E-state index contributed by atoms with van der Waals surface area (Å²) in [6.45, 7) is 6.20. The molecule has 1 aliphatic heterocycles. The van der Waals surface area contributed by atoms with Crippen molar-refractivity contribution < 1.29 is 14.3 Å². The molecule has 5 rings (SSSR count). The number of nitrogens with one attached hydrogen (secondary N) is 1. The van der Waals surface area contributed by atoms with E-state index in [0.717, 1.165) is 48.3 Å². The van der Waals surface area contributed by atoms with Crippen LogP contribution in [-0.2, 0) is 4.79 Å². The number of carbonyl (C=O) groups is 1. The number of anilines is 2. The summed E-state index contributed by atoms with van der Waals surface area (Å²) in [5.74, 6) is 2.71. The Morgan fingerprint density at radius 1 is 1.06 bits per heavy atom. The van der Waals surface area contributed by atoms with Gasteiger partial charge in [0, 0.05) is 53.7 Å². The summed E-state index contributed by atoms with van der Waals surface area (Å²) < 4.78 is 12.9. The van der Waals surface area contributed by atoms with Crippen molar-refractivity contribution in [3.8, 4) is 22.9 Å². The summed E-state index contributed by atoms with van der Waals surface area (Å²) in [6.07, 6.45) is 2.15. The van der Waals surface area contributed by atoms with E-state index in [1.54, 1.807) is 14.2 Å². The van der Waals surface area contributed by atoms with Gasteiger partial charge < -0.3 is 19.7 Å². The molecule has 2 heterocycles. The fourth-order valence-electron chi connectivity index (χ4n) is 5.02. The van der Waals surface area contributed by atoms with Gasteiger partial charge in [-0.15, -0.1) is 5.10 Å². The second-order valence-electron chi connectivity index (χ2n) is 8.73. The van der Waals surface area contributed by atoms with Crippen LogP contribution in [0.4, 0.5) is 11.6 Å². The van der Waals surface area contributed by atoms with Gasteiger partial charge in [0.15, 0.2) is 11.6 Å². The molecule has 2 aliphatic rings. The Hall–Kier alpha value is -3.81. The number of carbonyl (C=O) groups excluding carboxylic acids is 1. The fraction of sp³-hybridized carbons (Fsp3) is 0.370. The van der Waals surface area contributed by atoms with Crippen LogP contribution in [0.15, 0.2) is 53.7 Å². The smallest absolute Gasteiger partial charge is 0.226 e. The molecule has 8 heteroatoms. The Bertz CT molecular complexity index is 1270. The molecule has 0 fully saturated rings. The number of rotatable bonds is 7. The highest BCUT2D eigenvalue weighted by atomic mass is 16.5. The summed E-state index contributed by atoms with van der Waals surface area (Å²) >= 11 is 0. The zero-order valence-electron chi connectivity index (χ0n) is 20.7. The summed E-state index contributed by atoms with van der Waals surface area (Å²) in [4.78, 5) is 20.3. The molecule has 1 aromatic heterocycles. The average molecular weight is 474 g/mol. The van der Waals surface area contributed by atoms with Gasteiger partial charge in [-0.2, -0.15) is 4.98 Å². The van der Waals surface area contributed by atoms with E-state index < -0.39 is 6.04 Å². The highest BCUT2D eigenvalue weighted by molar-refractivity contribution is 5.99. The largest absolute Gasteiger partial charge is 0.497 e. The standard InChI is InChI=1S/C27H31N5O3/c1-5-31(6-2)18-12-10-17(11-13-18)26-29-27-28-21-8-7-9-22(33)24(21)25(32(27)30-26)20-15-14-19(34-3)16-23(20)35-4/h10-16,25H,5-9H2,1-4H3,(H,28,29,30). The molecule has 0 saturated heterocycles. The molecule has 0 spiro atoms. The number of hydrogen-bond donors (Lipinski definition) is 1. The molecule has 3 aromatic rings. The SMILES string of the molecule is CCN(CC)c1ccc(-c2nc3n(n2)C(c2ccc(OC)cc2OC)C2=C(CCCC2=O)N3)cc1. The lowest BCUT2D eigenvalue weighted by Gasteiger charge is -2.32. The minimum absolute atomic E-state index is 0.132. The van der Waals surface area contributed by atoms with Crippen LogP contribution in [0.25, 0.3) is 11.4 Å². The Kier molecular flexibility index (Phi) is 6.19. The van der Waals surface area contributed by atoms with Crippen molar-refractivity contribution in [2.75, 3.05) is 37.5 Å². The van der Waals surface area contributed by atoms with E-state index in [1.165, 1.54) is 5.69 Å². The predicted octanol–water partition coefficient (Wildman–Crippen LogP) is 4.83. The zero-order chi connectivity index (χ0) is 24.5. The molecule has 35 heavy (non-hydrogen) atoms. The number of hydrogen-bond acceptors (Lipinski definition) is 7. The van der Waals surface area contributed by atoms with Gasteiger partial charge in [-0.1, -0.05) is 0 Å². The summed E-state index contributed by atoms with van der Waals surface area (Å²) in [5, 5.41) is 8.29. The summed E-state index contributed by atoms with van der Waals surface area (Å²) in [7, 11) is 3.25. The second kappa shape index (κ2) is 9.44. The molecule has 8 nitrogen and oxygen atoms in total. The first kappa shape index (κ1) is 23.0. The van der Waals surface area contributed by atoms with Crippen molar-refractivity contribution in [2.45, 2.75) is 39.2 Å². The average Bonchev–Trinajstić information content (AvgIpc) is 3.32. The van der Waals surface area contributed by atoms with Crippen molar-refractivity contribution in [3.05, 3.63) is 59.3 Å². The number of methoxy groups -OCH3 is 2. The van der Waals surface area contributed by atoms with Crippen LogP contribution in [0.3, 0.4) is 0 Å². The molecule has 1 unspecified atom stereocenters. The molecule has 1 atom stereocenters. The number of fused-ring (bicyclic) bond motifs is 1. The third-order valence-corrected chi connectivity index (χ3v) is 6.86. The lowest BCUT2D eigenvalue weighted by atomic mass is 9.85. The number of ether oxygens (including phenoxy) is 2. The van der Waals surface area contributed by atoms with Gasteiger partial charge in [-0.3, -0.25) is 4.79 Å². The molecule has 2 aromatic carbocycles. The predicted molar refractivity (Wildman–Crippen MR) is 136 cm³/mol. The maximum Gasteiger partial charge on any atom is 0.226 e. The number of ketones is 1. The zero-order valence-corrected chi connectivity index (χ0v) is 20.7. The number of nitrogens with zero attached hydrogens (tertiary/aromatic N) is 4. The topological polar surface area (TPSA) is 81.5 Å². The van der Waals surface area contributed by atoms with Crippen LogP contribution in [0.2, 0.25) is 0 Å². The normalized spacial score (nSPS) is 16.9. The van der Waals surface area contributed by atoms with E-state index >= 15 is 0 Å². The molecular formula is C27H31N5O3. The summed E-state index contributed by atoms with van der Waals surface area (Å²) in [6, 6.07) is 13.6. The molecule has 0 amide bonds. The highest BCUT2D eigenvalue weighted by Crippen LogP contribution is 2.44. The lowest BCUT2D eigenvalue weighted by molar-refractivity contribution is -0.116. The minimum atomic E-state index is -0.425. The number of aromatic nitrogens is 3. The molecular weight excluding hydrogens is 442 g/mol. The van der Waals surface area contributed by atoms with Crippen LogP contribution in [0, 0.1) is 0 Å². The second-order valence-corrected chi connectivity index (χ2v) is 8.73. The maximum absolute atomic E-state index is 13.2. The van der Waals surface area contributed by atoms with E-state index in [4.69, 9.17) is 19.6 Å². The van der Waals surface area contributed by atoms with Crippen molar-refractivity contribution >= 4 is 17.4 Å². The third kappa shape index (κ3) is 4.03. The first-order valence-electron chi connectivity index (χ1n) is 12.1. The van der Waals surface area contributed by atoms with Crippen LogP contribution in [0.5, 0.6) is 11.5 Å². The van der Waals surface area contributed by atoms with Gasteiger partial charge in [0.2, 0.25) is 5.95 Å². The Balaban J connectivity index is 1.60. The van der Waals surface area contributed by atoms with Crippen LogP contribution < -0.4 is 19.7 Å². The first-order chi connectivity index (χ1) is 17.1. The summed E-state index contributed by atoms with van der Waals surface area (Å²) in [5.41, 5.74) is 4.61. The first-order valence-corrected chi connectivity index (χ1v) is 12.1. The van der Waals surface area contributed by atoms with Gasteiger partial charge in [0.25, 0.3) is 0 Å². The maximum atomic E-state index is 13.2. The highest BCUT2D eigenvalue weighted by Gasteiger charge is 2.38.